The molecule has 0 aromatic carbocycles. The van der Waals surface area contributed by atoms with Crippen LogP contribution in [0, 0.1) is 0 Å². The molecule has 49 heavy (non-hydrogen) atoms. The van der Waals surface area contributed by atoms with Gasteiger partial charge in [-0.05, 0) is 18.6 Å². The number of hydrogen-bond donors (Lipinski definition) is 8. The van der Waals surface area contributed by atoms with E-state index >= 15 is 0 Å². The minimum absolute atomic E-state index is 0.0728. The van der Waals surface area contributed by atoms with Crippen molar-refractivity contribution in [3.05, 3.63) is 42.4 Å². The van der Waals surface area contributed by atoms with Crippen LogP contribution in [0.25, 0.3) is 11.2 Å². The molecule has 2 fully saturated rings. The lowest BCUT2D eigenvalue weighted by Gasteiger charge is -2.20. The first-order chi connectivity index (χ1) is 23.1. The van der Waals surface area contributed by atoms with Crippen molar-refractivity contribution in [3.8, 4) is 0 Å². The fourth-order valence-corrected chi connectivity index (χ4v) is 8.32. The van der Waals surface area contributed by atoms with Crippen molar-refractivity contribution in [1.29, 1.82) is 0 Å². The maximum Gasteiger partial charge on any atom is 0.481 e. The second kappa shape index (κ2) is 15.3. The summed E-state index contributed by atoms with van der Waals surface area (Å²) in [4.78, 5) is 40.6. The predicted octanol–water partition coefficient (Wildman–Crippen LogP) is -0.519. The van der Waals surface area contributed by atoms with Crippen LogP contribution in [0.2, 0.25) is 0 Å². The number of aliphatic hydroxyl groups is 4. The lowest BCUT2D eigenvalue weighted by Crippen LogP contribution is -2.46. The molecule has 3 aromatic rings. The van der Waals surface area contributed by atoms with Crippen molar-refractivity contribution >= 4 is 50.2 Å². The van der Waals surface area contributed by atoms with E-state index in [-0.39, 0.29) is 11.2 Å². The number of hydrogen-bond acceptors (Lipinski definition) is 16. The standard InChI is InChI=1S/C26H36N6O14P2S/c1-2-3-9-49-26-30-17-14(27)6-7-29-23(17)32(26)25-21(36)19(34)16(45-25)12-43-48(40,41)46-47(38,39)42-11-15-18(33)20(35)24(44-15)31-8-4-5-13(10-31)22(28)37/h4-8,10,15-16,18-21,24-25,33-36H,2-3,9,11-12H2,1H3,(H5-,27,28,29,37,38,39,40,41)/p+1/t15-,16-,18?,19+,20?,21?,24-,25-/m1/s1. The van der Waals surface area contributed by atoms with Crippen molar-refractivity contribution in [2.75, 3.05) is 24.7 Å². The van der Waals surface area contributed by atoms with Gasteiger partial charge in [0.2, 0.25) is 0 Å². The van der Waals surface area contributed by atoms with E-state index in [1.165, 1.54) is 51.6 Å². The molecule has 5 unspecified atom stereocenters. The Balaban J connectivity index is 1.19. The number of thioether (sulfide) groups is 1. The second-order valence-electron chi connectivity index (χ2n) is 11.1. The fraction of sp³-hybridized carbons (Fsp3) is 0.538. The highest BCUT2D eigenvalue weighted by Crippen LogP contribution is 2.60. The first kappa shape index (κ1) is 37.7. The van der Waals surface area contributed by atoms with Crippen LogP contribution in [0.4, 0.5) is 5.69 Å². The number of anilines is 1. The number of carbonyl (C=O) groups excluding carboxylic acids is 1. The zero-order chi connectivity index (χ0) is 35.7. The number of imidazole rings is 1. The Hall–Kier alpha value is -2.59. The second-order valence-corrected chi connectivity index (χ2v) is 15.3. The van der Waals surface area contributed by atoms with Gasteiger partial charge in [0.15, 0.2) is 35.5 Å². The third-order valence-corrected chi connectivity index (χ3v) is 11.3. The number of ether oxygens (including phenoxy) is 2. The highest BCUT2D eigenvalue weighted by Gasteiger charge is 2.50. The summed E-state index contributed by atoms with van der Waals surface area (Å²) in [6.45, 7) is 0.235. The summed E-state index contributed by atoms with van der Waals surface area (Å²) in [5.41, 5.74) is 12.3. The molecule has 10 atom stereocenters. The third-order valence-electron chi connectivity index (χ3n) is 7.65. The number of pyridine rings is 2. The van der Waals surface area contributed by atoms with Crippen LogP contribution in [0.1, 0.15) is 42.6 Å². The number of phosphoric acid groups is 2. The maximum atomic E-state index is 12.6. The maximum absolute atomic E-state index is 12.6. The third kappa shape index (κ3) is 8.49. The van der Waals surface area contributed by atoms with Crippen LogP contribution < -0.4 is 16.0 Å². The molecule has 2 aliphatic heterocycles. The van der Waals surface area contributed by atoms with E-state index in [0.717, 1.165) is 12.8 Å². The Kier molecular flexibility index (Phi) is 11.8. The van der Waals surface area contributed by atoms with Crippen LogP contribution in [0.3, 0.4) is 0 Å². The average Bonchev–Trinajstić information content (AvgIpc) is 3.65. The normalized spacial score (nSPS) is 29.6. The van der Waals surface area contributed by atoms with Crippen molar-refractivity contribution in [2.45, 2.75) is 74.0 Å². The van der Waals surface area contributed by atoms with E-state index in [4.69, 9.17) is 30.0 Å². The zero-order valence-corrected chi connectivity index (χ0v) is 28.4. The number of aromatic nitrogens is 4. The lowest BCUT2D eigenvalue weighted by molar-refractivity contribution is -0.765. The molecule has 0 saturated carbocycles. The van der Waals surface area contributed by atoms with Gasteiger partial charge in [-0.25, -0.2) is 19.1 Å². The van der Waals surface area contributed by atoms with E-state index < -0.39 is 83.8 Å². The van der Waals surface area contributed by atoms with Gasteiger partial charge in [-0.15, -0.1) is 0 Å². The molecule has 0 bridgehead atoms. The van der Waals surface area contributed by atoms with Crippen LogP contribution in [0.15, 0.2) is 41.9 Å². The highest BCUT2D eigenvalue weighted by atomic mass is 32.2. The van der Waals surface area contributed by atoms with Gasteiger partial charge in [0.1, 0.15) is 41.6 Å². The highest BCUT2D eigenvalue weighted by molar-refractivity contribution is 7.99. The number of amides is 1. The smallest absolute Gasteiger partial charge is 0.397 e. The molecule has 5 heterocycles. The summed E-state index contributed by atoms with van der Waals surface area (Å²) in [5, 5.41) is 42.9. The van der Waals surface area contributed by atoms with Crippen molar-refractivity contribution in [2.24, 2.45) is 5.73 Å². The van der Waals surface area contributed by atoms with E-state index in [1.54, 1.807) is 6.07 Å². The molecule has 270 valence electrons. The van der Waals surface area contributed by atoms with E-state index in [2.05, 4.69) is 14.3 Å². The van der Waals surface area contributed by atoms with Gasteiger partial charge in [-0.3, -0.25) is 18.4 Å². The van der Waals surface area contributed by atoms with Gasteiger partial charge in [-0.2, -0.15) is 8.88 Å². The quantitative estimate of drug-likeness (QED) is 0.0419. The summed E-state index contributed by atoms with van der Waals surface area (Å²) in [6, 6.07) is 4.40. The summed E-state index contributed by atoms with van der Waals surface area (Å²) in [5.74, 6) is -0.0926. The lowest BCUT2D eigenvalue weighted by atomic mass is 10.1. The molecule has 5 rings (SSSR count). The average molecular weight is 752 g/mol. The molecule has 1 amide bonds. The van der Waals surface area contributed by atoms with Gasteiger partial charge in [0.05, 0.1) is 18.9 Å². The van der Waals surface area contributed by atoms with Gasteiger partial charge >= 0.3 is 15.6 Å². The van der Waals surface area contributed by atoms with Crippen LogP contribution in [0.5, 0.6) is 0 Å². The largest absolute Gasteiger partial charge is 0.481 e. The van der Waals surface area contributed by atoms with Gasteiger partial charge < -0.3 is 51.2 Å². The number of fused-ring (bicyclic) bond motifs is 1. The minimum Gasteiger partial charge on any atom is -0.397 e. The minimum atomic E-state index is -5.39. The molecule has 0 radical (unpaired) electrons. The Labute approximate surface area is 282 Å². The molecule has 2 aliphatic rings. The number of carbonyl (C=O) groups is 1. The number of nitrogens with zero attached hydrogens (tertiary/aromatic N) is 4. The first-order valence-corrected chi connectivity index (χ1v) is 18.8. The van der Waals surface area contributed by atoms with Gasteiger partial charge in [0, 0.05) is 18.0 Å². The van der Waals surface area contributed by atoms with Crippen LogP contribution >= 0.6 is 27.4 Å². The van der Waals surface area contributed by atoms with Crippen molar-refractivity contribution in [1.82, 2.24) is 14.5 Å². The molecule has 10 N–H and O–H groups in total. The van der Waals surface area contributed by atoms with Crippen molar-refractivity contribution in [3.63, 3.8) is 0 Å². The Morgan fingerprint density at radius 1 is 1.04 bits per heavy atom. The molecule has 0 spiro atoms. The Morgan fingerprint density at radius 3 is 2.35 bits per heavy atom. The molecule has 0 aliphatic carbocycles. The zero-order valence-electron chi connectivity index (χ0n) is 25.8. The molecular formula is C26H37N6O14P2S+. The molecule has 2 saturated heterocycles. The molecular weight excluding hydrogens is 714 g/mol. The van der Waals surface area contributed by atoms with E-state index in [9.17, 15) is 44.1 Å². The topological polar surface area (TPSA) is 305 Å². The number of nitrogen functional groups attached to an aromatic ring is 1. The summed E-state index contributed by atoms with van der Waals surface area (Å²) < 4.78 is 53.1. The number of unbranched alkanes of at least 4 members (excludes halogenated alkanes) is 1. The number of phosphoric ester groups is 2. The number of aliphatic hydroxyl groups excluding tert-OH is 4. The SMILES string of the molecule is CCCCSc1nc2c(N)ccnc2n1[C@@H]1O[C@H](COP(=O)(O)OP(=O)(O)OC[C@H]2O[C@@H]([n+]3cccc(C(N)=O)c3)C(O)C2O)[C@H](O)C1O. The fourth-order valence-electron chi connectivity index (χ4n) is 5.13. The van der Waals surface area contributed by atoms with Gasteiger partial charge in [-0.1, -0.05) is 25.1 Å². The molecule has 3 aromatic heterocycles. The van der Waals surface area contributed by atoms with Crippen LogP contribution in [-0.2, 0) is 32.0 Å². The number of primary amides is 1. The van der Waals surface area contributed by atoms with Gasteiger partial charge in [0.25, 0.3) is 12.1 Å². The summed E-state index contributed by atoms with van der Waals surface area (Å²) in [7, 11) is -10.8. The summed E-state index contributed by atoms with van der Waals surface area (Å²) in [6.07, 6.45) is -5.98. The van der Waals surface area contributed by atoms with E-state index in [0.29, 0.717) is 22.1 Å². The summed E-state index contributed by atoms with van der Waals surface area (Å²) >= 11 is 1.35. The predicted molar refractivity (Wildman–Crippen MR) is 167 cm³/mol. The number of rotatable bonds is 15. The Bertz CT molecular complexity index is 1750. The number of nitrogens with two attached hydrogens (primary N) is 2. The molecule has 23 heteroatoms. The van der Waals surface area contributed by atoms with E-state index in [1.807, 2.05) is 6.92 Å². The monoisotopic (exact) mass is 751 g/mol. The first-order valence-electron chi connectivity index (χ1n) is 14.9. The van der Waals surface area contributed by atoms with Crippen molar-refractivity contribution < 1.29 is 71.5 Å². The van der Waals surface area contributed by atoms with Crippen LogP contribution in [-0.4, -0.2) is 106 Å². The molecule has 20 nitrogen and oxygen atoms in total. The Morgan fingerprint density at radius 2 is 1.69 bits per heavy atom.